The quantitative estimate of drug-likeness (QED) is 0.845. The Balaban J connectivity index is 0.00000288. The SMILES string of the molecule is CCN(Cc1ccc(CN(C)C)cc1)C(=O)C1CC(F)(F)CN1.Cl. The lowest BCUT2D eigenvalue weighted by Gasteiger charge is -2.24. The fourth-order valence-electron chi connectivity index (χ4n) is 2.79. The normalized spacial score (nSPS) is 19.2. The number of carbonyl (C=O) groups is 1. The van der Waals surface area contributed by atoms with Crippen LogP contribution in [0.4, 0.5) is 8.78 Å². The Morgan fingerprint density at radius 3 is 2.17 bits per heavy atom. The third kappa shape index (κ3) is 5.69. The molecule has 0 bridgehead atoms. The highest BCUT2D eigenvalue weighted by molar-refractivity contribution is 5.85. The predicted octanol–water partition coefficient (Wildman–Crippen LogP) is 2.52. The van der Waals surface area contributed by atoms with Crippen LogP contribution in [0, 0.1) is 0 Å². The Morgan fingerprint density at radius 2 is 1.75 bits per heavy atom. The zero-order valence-electron chi connectivity index (χ0n) is 14.4. The molecule has 2 rings (SSSR count). The lowest BCUT2D eigenvalue weighted by atomic mass is 10.1. The minimum atomic E-state index is -2.78. The van der Waals surface area contributed by atoms with E-state index in [1.807, 2.05) is 45.3 Å². The van der Waals surface area contributed by atoms with Gasteiger partial charge in [-0.1, -0.05) is 24.3 Å². The van der Waals surface area contributed by atoms with Crippen LogP contribution in [0.2, 0.25) is 0 Å². The summed E-state index contributed by atoms with van der Waals surface area (Å²) in [5.74, 6) is -3.03. The number of nitrogens with one attached hydrogen (secondary N) is 1. The first kappa shape index (κ1) is 20.8. The van der Waals surface area contributed by atoms with Crippen LogP contribution < -0.4 is 5.32 Å². The first-order valence-corrected chi connectivity index (χ1v) is 7.93. The van der Waals surface area contributed by atoms with E-state index in [0.717, 1.165) is 12.1 Å². The number of carbonyl (C=O) groups excluding carboxylic acids is 1. The average molecular weight is 362 g/mol. The summed E-state index contributed by atoms with van der Waals surface area (Å²) in [5.41, 5.74) is 2.21. The molecule has 1 atom stereocenters. The molecule has 1 N–H and O–H groups in total. The van der Waals surface area contributed by atoms with E-state index in [1.165, 1.54) is 5.56 Å². The highest BCUT2D eigenvalue weighted by atomic mass is 35.5. The maximum atomic E-state index is 13.3. The molecule has 0 saturated carbocycles. The van der Waals surface area contributed by atoms with Crippen molar-refractivity contribution in [2.75, 3.05) is 27.2 Å². The number of hydrogen-bond acceptors (Lipinski definition) is 3. The molecule has 1 saturated heterocycles. The van der Waals surface area contributed by atoms with Crippen LogP contribution >= 0.6 is 12.4 Å². The van der Waals surface area contributed by atoms with Crippen LogP contribution in [-0.2, 0) is 17.9 Å². The van der Waals surface area contributed by atoms with Gasteiger partial charge < -0.3 is 9.80 Å². The van der Waals surface area contributed by atoms with Crippen LogP contribution in [0.15, 0.2) is 24.3 Å². The van der Waals surface area contributed by atoms with E-state index in [-0.39, 0.29) is 18.3 Å². The number of amides is 1. The summed E-state index contributed by atoms with van der Waals surface area (Å²) in [6.45, 7) is 3.26. The van der Waals surface area contributed by atoms with Gasteiger partial charge in [-0.15, -0.1) is 12.4 Å². The second-order valence-corrected chi connectivity index (χ2v) is 6.40. The molecule has 4 nitrogen and oxygen atoms in total. The number of halogens is 3. The Kier molecular flexibility index (Phi) is 7.57. The highest BCUT2D eigenvalue weighted by Crippen LogP contribution is 2.26. The Bertz CT molecular complexity index is 537. The summed E-state index contributed by atoms with van der Waals surface area (Å²) in [4.78, 5) is 16.1. The molecule has 0 aromatic heterocycles. The predicted molar refractivity (Wildman–Crippen MR) is 93.5 cm³/mol. The van der Waals surface area contributed by atoms with E-state index in [4.69, 9.17) is 0 Å². The molecule has 1 heterocycles. The van der Waals surface area contributed by atoms with Crippen LogP contribution in [0.25, 0.3) is 0 Å². The summed E-state index contributed by atoms with van der Waals surface area (Å²) >= 11 is 0. The van der Waals surface area contributed by atoms with Gasteiger partial charge in [-0.2, -0.15) is 0 Å². The first-order chi connectivity index (χ1) is 10.8. The van der Waals surface area contributed by atoms with E-state index < -0.39 is 24.9 Å². The minimum absolute atomic E-state index is 0. The molecule has 1 aliphatic heterocycles. The fourth-order valence-corrected chi connectivity index (χ4v) is 2.79. The van der Waals surface area contributed by atoms with Gasteiger partial charge in [0, 0.05) is 26.1 Å². The van der Waals surface area contributed by atoms with Crippen molar-refractivity contribution in [2.45, 2.75) is 38.4 Å². The van der Waals surface area contributed by atoms with Crippen molar-refractivity contribution in [1.29, 1.82) is 0 Å². The second-order valence-electron chi connectivity index (χ2n) is 6.40. The Hall–Kier alpha value is -1.24. The molecular weight excluding hydrogens is 336 g/mol. The number of benzene rings is 1. The van der Waals surface area contributed by atoms with Crippen molar-refractivity contribution in [3.8, 4) is 0 Å². The minimum Gasteiger partial charge on any atom is -0.337 e. The first-order valence-electron chi connectivity index (χ1n) is 7.93. The lowest BCUT2D eigenvalue weighted by molar-refractivity contribution is -0.134. The number of alkyl halides is 2. The standard InChI is InChI=1S/C17H25F2N3O.ClH/c1-4-22(16(23)15-9-17(18,19)12-20-15)11-14-7-5-13(6-8-14)10-21(2)3;/h5-8,15,20H,4,9-12H2,1-3H3;1H. The van der Waals surface area contributed by atoms with E-state index >= 15 is 0 Å². The molecule has 1 aromatic rings. The zero-order chi connectivity index (χ0) is 17.0. The number of nitrogens with zero attached hydrogens (tertiary/aromatic N) is 2. The van der Waals surface area contributed by atoms with Crippen molar-refractivity contribution >= 4 is 18.3 Å². The highest BCUT2D eigenvalue weighted by Gasteiger charge is 2.43. The van der Waals surface area contributed by atoms with E-state index in [0.29, 0.717) is 13.1 Å². The maximum Gasteiger partial charge on any atom is 0.262 e. The zero-order valence-corrected chi connectivity index (χ0v) is 15.2. The molecule has 136 valence electrons. The molecule has 0 aliphatic carbocycles. The van der Waals surface area contributed by atoms with E-state index in [9.17, 15) is 13.6 Å². The summed E-state index contributed by atoms with van der Waals surface area (Å²) < 4.78 is 26.5. The van der Waals surface area contributed by atoms with Crippen molar-refractivity contribution in [1.82, 2.24) is 15.1 Å². The van der Waals surface area contributed by atoms with Crippen molar-refractivity contribution in [2.24, 2.45) is 0 Å². The number of rotatable bonds is 6. The van der Waals surface area contributed by atoms with Crippen molar-refractivity contribution in [3.63, 3.8) is 0 Å². The topological polar surface area (TPSA) is 35.6 Å². The largest absolute Gasteiger partial charge is 0.337 e. The van der Waals surface area contributed by atoms with Gasteiger partial charge in [0.05, 0.1) is 12.6 Å². The molecule has 1 unspecified atom stereocenters. The van der Waals surface area contributed by atoms with Gasteiger partial charge in [-0.3, -0.25) is 10.1 Å². The Morgan fingerprint density at radius 1 is 1.21 bits per heavy atom. The van der Waals surface area contributed by atoms with Gasteiger partial charge in [0.25, 0.3) is 5.92 Å². The smallest absolute Gasteiger partial charge is 0.262 e. The van der Waals surface area contributed by atoms with Crippen LogP contribution in [0.5, 0.6) is 0 Å². The van der Waals surface area contributed by atoms with Gasteiger partial charge in [0.1, 0.15) is 0 Å². The van der Waals surface area contributed by atoms with E-state index in [2.05, 4.69) is 10.2 Å². The third-order valence-electron chi connectivity index (χ3n) is 4.00. The molecule has 7 heteroatoms. The molecule has 0 spiro atoms. The van der Waals surface area contributed by atoms with Crippen LogP contribution in [0.1, 0.15) is 24.5 Å². The molecule has 0 radical (unpaired) electrons. The summed E-state index contributed by atoms with van der Waals surface area (Å²) in [5, 5.41) is 2.63. The van der Waals surface area contributed by atoms with Crippen LogP contribution in [-0.4, -0.2) is 54.9 Å². The molecule has 1 aliphatic rings. The molecule has 1 amide bonds. The van der Waals surface area contributed by atoms with Gasteiger partial charge in [0.15, 0.2) is 0 Å². The third-order valence-corrected chi connectivity index (χ3v) is 4.00. The second kappa shape index (κ2) is 8.74. The van der Waals surface area contributed by atoms with E-state index in [1.54, 1.807) is 4.90 Å². The monoisotopic (exact) mass is 361 g/mol. The summed E-state index contributed by atoms with van der Waals surface area (Å²) in [6.07, 6.45) is -0.413. The van der Waals surface area contributed by atoms with Crippen LogP contribution in [0.3, 0.4) is 0 Å². The maximum absolute atomic E-state index is 13.3. The summed E-state index contributed by atoms with van der Waals surface area (Å²) in [7, 11) is 4.02. The lowest BCUT2D eigenvalue weighted by Crippen LogP contribution is -2.43. The van der Waals surface area contributed by atoms with Gasteiger partial charge >= 0.3 is 0 Å². The average Bonchev–Trinajstić information content (AvgIpc) is 2.85. The number of likely N-dealkylation sites (N-methyl/N-ethyl adjacent to an activating group) is 1. The molecule has 1 fully saturated rings. The molecule has 1 aromatic carbocycles. The van der Waals surface area contributed by atoms with Gasteiger partial charge in [-0.25, -0.2) is 8.78 Å². The number of hydrogen-bond donors (Lipinski definition) is 1. The molecular formula is C17H26ClF2N3O. The van der Waals surface area contributed by atoms with Gasteiger partial charge in [0.2, 0.25) is 5.91 Å². The molecule has 24 heavy (non-hydrogen) atoms. The van der Waals surface area contributed by atoms with Gasteiger partial charge in [-0.05, 0) is 32.1 Å². The summed E-state index contributed by atoms with van der Waals surface area (Å²) in [6, 6.07) is 7.28. The Labute approximate surface area is 148 Å². The van der Waals surface area contributed by atoms with Crippen molar-refractivity contribution < 1.29 is 13.6 Å². The van der Waals surface area contributed by atoms with Crippen molar-refractivity contribution in [3.05, 3.63) is 35.4 Å². The fraction of sp³-hybridized carbons (Fsp3) is 0.588.